The van der Waals surface area contributed by atoms with Crippen LogP contribution in [0.15, 0.2) is 42.5 Å². The van der Waals surface area contributed by atoms with Gasteiger partial charge in [-0.3, -0.25) is 0 Å². The van der Waals surface area contributed by atoms with Gasteiger partial charge in [-0.1, -0.05) is 74.4 Å². The summed E-state index contributed by atoms with van der Waals surface area (Å²) in [5.41, 5.74) is 1.50. The average Bonchev–Trinajstić information content (AvgIpc) is 2.28. The van der Waals surface area contributed by atoms with E-state index in [2.05, 4.69) is 56.2 Å². The average molecular weight is 196 g/mol. The first-order valence-corrected chi connectivity index (χ1v) is 5.80. The lowest BCUT2D eigenvalue weighted by Crippen LogP contribution is -2.26. The van der Waals surface area contributed by atoms with Crippen molar-refractivity contribution >= 4 is 22.9 Å². The summed E-state index contributed by atoms with van der Waals surface area (Å²) in [6.45, 7) is 5.24. The maximum Gasteiger partial charge on any atom is 0.173 e. The van der Waals surface area contributed by atoms with Gasteiger partial charge in [0.2, 0.25) is 0 Å². The summed E-state index contributed by atoms with van der Waals surface area (Å²) in [4.78, 5) is 0. The lowest BCUT2D eigenvalue weighted by Gasteiger charge is -2.10. The van der Waals surface area contributed by atoms with Crippen molar-refractivity contribution < 1.29 is 0 Å². The monoisotopic (exact) mass is 196 g/mol. The Bertz CT molecular complexity index is 443. The highest BCUT2D eigenvalue weighted by Gasteiger charge is 2.11. The van der Waals surface area contributed by atoms with Crippen LogP contribution in [0, 0.1) is 0 Å². The molecule has 0 spiro atoms. The highest BCUT2D eigenvalue weighted by atomic mass is 14.0. The molecular weight excluding hydrogens is 179 g/mol. The molecule has 0 N–H and O–H groups in total. The molecule has 0 fully saturated rings. The Balaban J connectivity index is 2.50. The topological polar surface area (TPSA) is 0 Å². The smallest absolute Gasteiger partial charge is 0.0817 e. The second kappa shape index (κ2) is 4.52. The van der Waals surface area contributed by atoms with Crippen LogP contribution in [0.25, 0.3) is 10.8 Å². The minimum atomic E-state index is 0.668. The Hall–Kier alpha value is -1.24. The molecule has 0 aliphatic rings. The molecule has 15 heavy (non-hydrogen) atoms. The molecule has 0 unspecified atom stereocenters. The lowest BCUT2D eigenvalue weighted by atomic mass is 9.44. The van der Waals surface area contributed by atoms with E-state index in [1.807, 2.05) is 0 Å². The van der Waals surface area contributed by atoms with Crippen LogP contribution in [-0.4, -0.2) is 6.71 Å². The van der Waals surface area contributed by atoms with Crippen LogP contribution in [0.2, 0.25) is 13.1 Å². The van der Waals surface area contributed by atoms with Crippen LogP contribution in [0.3, 0.4) is 0 Å². The molecule has 0 amide bonds. The van der Waals surface area contributed by atoms with Crippen molar-refractivity contribution in [3.8, 4) is 0 Å². The molecule has 2 aromatic carbocycles. The third kappa shape index (κ3) is 2.06. The van der Waals surface area contributed by atoms with Crippen molar-refractivity contribution in [2.24, 2.45) is 0 Å². The number of fused-ring (bicyclic) bond motifs is 1. The van der Waals surface area contributed by atoms with Gasteiger partial charge in [-0.15, -0.1) is 0 Å². The first-order chi connectivity index (χ1) is 7.33. The highest BCUT2D eigenvalue weighted by Crippen LogP contribution is 2.13. The predicted octanol–water partition coefficient (Wildman–Crippen LogP) is 3.58. The van der Waals surface area contributed by atoms with Gasteiger partial charge in [-0.05, 0) is 10.8 Å². The fraction of sp³-hybridized carbons (Fsp3) is 0.286. The van der Waals surface area contributed by atoms with Gasteiger partial charge >= 0.3 is 0 Å². The second-order valence-corrected chi connectivity index (χ2v) is 4.26. The zero-order chi connectivity index (χ0) is 10.7. The van der Waals surface area contributed by atoms with Gasteiger partial charge in [0.05, 0.1) is 0 Å². The van der Waals surface area contributed by atoms with Crippen molar-refractivity contribution in [3.05, 3.63) is 42.5 Å². The van der Waals surface area contributed by atoms with Gasteiger partial charge < -0.3 is 0 Å². The third-order valence-corrected chi connectivity index (χ3v) is 3.08. The van der Waals surface area contributed by atoms with Crippen molar-refractivity contribution in [2.75, 3.05) is 0 Å². The molecule has 0 aliphatic carbocycles. The van der Waals surface area contributed by atoms with Crippen LogP contribution in [-0.2, 0) is 0 Å². The number of benzene rings is 2. The van der Waals surface area contributed by atoms with Crippen LogP contribution in [0.1, 0.15) is 13.3 Å². The van der Waals surface area contributed by atoms with Crippen LogP contribution in [0.5, 0.6) is 0 Å². The third-order valence-electron chi connectivity index (χ3n) is 3.08. The first-order valence-electron chi connectivity index (χ1n) is 5.80. The molecule has 0 heterocycles. The van der Waals surface area contributed by atoms with Crippen molar-refractivity contribution in [1.82, 2.24) is 0 Å². The summed E-state index contributed by atoms with van der Waals surface area (Å²) < 4.78 is 0. The SMILES string of the molecule is CCCB(C)c1cccc2ccccc12. The van der Waals surface area contributed by atoms with E-state index in [9.17, 15) is 0 Å². The van der Waals surface area contributed by atoms with E-state index in [0.29, 0.717) is 6.71 Å². The Morgan fingerprint density at radius 3 is 2.53 bits per heavy atom. The molecule has 0 bridgehead atoms. The zero-order valence-electron chi connectivity index (χ0n) is 9.53. The molecule has 0 saturated carbocycles. The number of hydrogen-bond acceptors (Lipinski definition) is 0. The fourth-order valence-electron chi connectivity index (χ4n) is 2.27. The zero-order valence-corrected chi connectivity index (χ0v) is 9.53. The van der Waals surface area contributed by atoms with Crippen molar-refractivity contribution in [1.29, 1.82) is 0 Å². The normalized spacial score (nSPS) is 10.5. The molecule has 2 rings (SSSR count). The molecule has 0 aliphatic heterocycles. The lowest BCUT2D eigenvalue weighted by molar-refractivity contribution is 1.07. The van der Waals surface area contributed by atoms with E-state index in [0.717, 1.165) is 0 Å². The van der Waals surface area contributed by atoms with E-state index >= 15 is 0 Å². The fourth-order valence-corrected chi connectivity index (χ4v) is 2.27. The first kappa shape index (κ1) is 10.3. The second-order valence-electron chi connectivity index (χ2n) is 4.26. The van der Waals surface area contributed by atoms with E-state index in [1.165, 1.54) is 29.0 Å². The molecule has 0 aromatic heterocycles. The van der Waals surface area contributed by atoms with E-state index in [-0.39, 0.29) is 0 Å². The highest BCUT2D eigenvalue weighted by molar-refractivity contribution is 6.74. The molecule has 0 saturated heterocycles. The maximum absolute atomic E-state index is 2.32. The van der Waals surface area contributed by atoms with E-state index < -0.39 is 0 Å². The molecular formula is C14H17B. The van der Waals surface area contributed by atoms with E-state index in [4.69, 9.17) is 0 Å². The molecule has 2 aromatic rings. The number of hydrogen-bond donors (Lipinski definition) is 0. The summed E-state index contributed by atoms with van der Waals surface area (Å²) >= 11 is 0. The van der Waals surface area contributed by atoms with Crippen LogP contribution >= 0.6 is 0 Å². The van der Waals surface area contributed by atoms with Gasteiger partial charge in [-0.25, -0.2) is 0 Å². The van der Waals surface area contributed by atoms with Gasteiger partial charge in [0.15, 0.2) is 6.71 Å². The Morgan fingerprint density at radius 2 is 1.73 bits per heavy atom. The summed E-state index contributed by atoms with van der Waals surface area (Å²) in [6.07, 6.45) is 2.53. The molecule has 0 atom stereocenters. The minimum Gasteiger partial charge on any atom is -0.0817 e. The minimum absolute atomic E-state index is 0.668. The summed E-state index contributed by atoms with van der Waals surface area (Å²) in [5, 5.41) is 2.78. The quantitative estimate of drug-likeness (QED) is 0.658. The maximum atomic E-state index is 2.32. The Labute approximate surface area is 92.4 Å². The Morgan fingerprint density at radius 1 is 1.00 bits per heavy atom. The van der Waals surface area contributed by atoms with Gasteiger partial charge in [0.1, 0.15) is 0 Å². The van der Waals surface area contributed by atoms with Gasteiger partial charge in [-0.2, -0.15) is 0 Å². The molecule has 0 nitrogen and oxygen atoms in total. The van der Waals surface area contributed by atoms with Crippen molar-refractivity contribution in [3.63, 3.8) is 0 Å². The van der Waals surface area contributed by atoms with Crippen LogP contribution in [0.4, 0.5) is 0 Å². The van der Waals surface area contributed by atoms with E-state index in [1.54, 1.807) is 0 Å². The van der Waals surface area contributed by atoms with Crippen LogP contribution < -0.4 is 5.46 Å². The van der Waals surface area contributed by atoms with Gasteiger partial charge in [0, 0.05) is 0 Å². The summed E-state index contributed by atoms with van der Waals surface area (Å²) in [7, 11) is 0. The standard InChI is InChI=1S/C14H17B/c1-3-11-15(2)14-10-6-8-12-7-4-5-9-13(12)14/h4-10H,3,11H2,1-2H3. The predicted molar refractivity (Wildman–Crippen MR) is 70.3 cm³/mol. The summed E-state index contributed by atoms with van der Waals surface area (Å²) in [5.74, 6) is 0. The molecule has 0 radical (unpaired) electrons. The molecule has 1 heteroatoms. The summed E-state index contributed by atoms with van der Waals surface area (Å²) in [6, 6.07) is 15.3. The van der Waals surface area contributed by atoms with Crippen molar-refractivity contribution in [2.45, 2.75) is 26.5 Å². The largest absolute Gasteiger partial charge is 0.173 e. The Kier molecular flexibility index (Phi) is 3.10. The number of rotatable bonds is 3. The van der Waals surface area contributed by atoms with Gasteiger partial charge in [0.25, 0.3) is 0 Å². The molecule has 76 valence electrons.